The van der Waals surface area contributed by atoms with E-state index in [4.69, 9.17) is 0 Å². The third-order valence-electron chi connectivity index (χ3n) is 0.990. The van der Waals surface area contributed by atoms with Crippen LogP contribution < -0.4 is 0 Å². The standard InChI is InChI=1S/C7H8N2/c1-2-7-8-5-3-4-6-9-7/h3-5H,2H2,1H3. The second-order valence-corrected chi connectivity index (χ2v) is 1.65. The fraction of sp³-hybridized carbons (Fsp3) is 0.286. The van der Waals surface area contributed by atoms with Crippen molar-refractivity contribution in [1.82, 2.24) is 0 Å². The van der Waals surface area contributed by atoms with Gasteiger partial charge in [0.15, 0.2) is 0 Å². The summed E-state index contributed by atoms with van der Waals surface area (Å²) < 4.78 is 0. The van der Waals surface area contributed by atoms with E-state index in [0.29, 0.717) is 0 Å². The molecular weight excluding hydrogens is 112 g/mol. The Hall–Kier alpha value is -1.14. The molecule has 0 radical (unpaired) electrons. The van der Waals surface area contributed by atoms with Crippen LogP contribution in [0.25, 0.3) is 0 Å². The molecule has 0 saturated heterocycles. The molecule has 0 spiro atoms. The van der Waals surface area contributed by atoms with E-state index in [1.807, 2.05) is 13.0 Å². The fourth-order valence-corrected chi connectivity index (χ4v) is 0.526. The summed E-state index contributed by atoms with van der Waals surface area (Å²) in [5.74, 6) is 3.56. The second-order valence-electron chi connectivity index (χ2n) is 1.65. The Labute approximate surface area is 54.3 Å². The summed E-state index contributed by atoms with van der Waals surface area (Å²) in [7, 11) is 0. The highest BCUT2D eigenvalue weighted by Crippen LogP contribution is 1.90. The number of amidine groups is 1. The van der Waals surface area contributed by atoms with Gasteiger partial charge in [0.05, 0.1) is 0 Å². The largest absolute Gasteiger partial charge is 0.241 e. The van der Waals surface area contributed by atoms with Crippen LogP contribution in [0, 0.1) is 0 Å². The molecule has 0 fully saturated rings. The first kappa shape index (κ1) is 5.99. The summed E-state index contributed by atoms with van der Waals surface area (Å²) in [5.41, 5.74) is 0. The average molecular weight is 120 g/mol. The minimum atomic E-state index is 0.833. The highest BCUT2D eigenvalue weighted by atomic mass is 14.9. The van der Waals surface area contributed by atoms with E-state index >= 15 is 0 Å². The molecule has 1 aliphatic heterocycles. The zero-order valence-corrected chi connectivity index (χ0v) is 5.33. The fourth-order valence-electron chi connectivity index (χ4n) is 0.526. The summed E-state index contributed by atoms with van der Waals surface area (Å²) >= 11 is 0. The first-order valence-electron chi connectivity index (χ1n) is 2.95. The van der Waals surface area contributed by atoms with Gasteiger partial charge in [-0.1, -0.05) is 6.92 Å². The molecule has 0 aliphatic carbocycles. The summed E-state index contributed by atoms with van der Waals surface area (Å²) in [6, 6.07) is 0. The molecule has 0 aromatic carbocycles. The van der Waals surface area contributed by atoms with Crippen molar-refractivity contribution in [2.24, 2.45) is 9.98 Å². The molecule has 1 aliphatic rings. The lowest BCUT2D eigenvalue weighted by Gasteiger charge is -1.85. The van der Waals surface area contributed by atoms with E-state index in [-0.39, 0.29) is 0 Å². The quantitative estimate of drug-likeness (QED) is 0.501. The molecule has 0 atom stereocenters. The molecule has 0 amide bonds. The maximum absolute atomic E-state index is 4.02. The molecule has 2 heteroatoms. The number of allylic oxidation sites excluding steroid dienone is 2. The van der Waals surface area contributed by atoms with Gasteiger partial charge >= 0.3 is 0 Å². The van der Waals surface area contributed by atoms with Gasteiger partial charge < -0.3 is 0 Å². The second kappa shape index (κ2) is 3.00. The molecule has 0 aromatic rings. The van der Waals surface area contributed by atoms with Crippen molar-refractivity contribution in [3.8, 4) is 0 Å². The molecule has 1 heterocycles. The highest BCUT2D eigenvalue weighted by Gasteiger charge is 1.87. The summed E-state index contributed by atoms with van der Waals surface area (Å²) in [6.07, 6.45) is 6.14. The number of hydrogen-bond donors (Lipinski definition) is 0. The lowest BCUT2D eigenvalue weighted by Crippen LogP contribution is -1.86. The monoisotopic (exact) mass is 120 g/mol. The van der Waals surface area contributed by atoms with E-state index in [9.17, 15) is 0 Å². The molecule has 1 rings (SSSR count). The van der Waals surface area contributed by atoms with E-state index in [1.165, 1.54) is 0 Å². The van der Waals surface area contributed by atoms with Crippen LogP contribution in [0.4, 0.5) is 0 Å². The van der Waals surface area contributed by atoms with Crippen molar-refractivity contribution in [3.63, 3.8) is 0 Å². The minimum absolute atomic E-state index is 0.833. The Bertz CT molecular complexity index is 205. The van der Waals surface area contributed by atoms with Crippen LogP contribution in [-0.4, -0.2) is 11.7 Å². The summed E-state index contributed by atoms with van der Waals surface area (Å²) in [5, 5.41) is 0. The molecule has 0 saturated carbocycles. The van der Waals surface area contributed by atoms with Gasteiger partial charge in [-0.25, -0.2) is 4.99 Å². The van der Waals surface area contributed by atoms with Crippen LogP contribution in [0.1, 0.15) is 13.3 Å². The molecule has 9 heavy (non-hydrogen) atoms. The molecule has 0 N–H and O–H groups in total. The number of nitrogens with zero attached hydrogens (tertiary/aromatic N) is 2. The Balaban J connectivity index is 2.82. The van der Waals surface area contributed by atoms with Crippen LogP contribution >= 0.6 is 0 Å². The third kappa shape index (κ3) is 1.67. The van der Waals surface area contributed by atoms with Gasteiger partial charge in [0, 0.05) is 18.7 Å². The molecule has 46 valence electrons. The van der Waals surface area contributed by atoms with Gasteiger partial charge in [-0.2, -0.15) is 4.99 Å². The molecule has 0 unspecified atom stereocenters. The van der Waals surface area contributed by atoms with E-state index < -0.39 is 0 Å². The zero-order chi connectivity index (χ0) is 6.53. The van der Waals surface area contributed by atoms with Gasteiger partial charge in [-0.3, -0.25) is 0 Å². The van der Waals surface area contributed by atoms with Crippen LogP contribution in [-0.2, 0) is 0 Å². The molecule has 0 aromatic heterocycles. The van der Waals surface area contributed by atoms with Gasteiger partial charge in [0.2, 0.25) is 0 Å². The van der Waals surface area contributed by atoms with Crippen LogP contribution in [0.5, 0.6) is 0 Å². The third-order valence-corrected chi connectivity index (χ3v) is 0.990. The number of hydrogen-bond acceptors (Lipinski definition) is 2. The van der Waals surface area contributed by atoms with Gasteiger partial charge in [-0.15, -0.1) is 0 Å². The van der Waals surface area contributed by atoms with Crippen LogP contribution in [0.3, 0.4) is 0 Å². The molecule has 2 nitrogen and oxygen atoms in total. The van der Waals surface area contributed by atoms with Gasteiger partial charge in [-0.05, 0) is 11.9 Å². The smallest absolute Gasteiger partial charge is 0.137 e. The first-order chi connectivity index (χ1) is 4.43. The van der Waals surface area contributed by atoms with Gasteiger partial charge in [0.1, 0.15) is 5.84 Å². The predicted molar refractivity (Wildman–Crippen MR) is 38.9 cm³/mol. The molecule has 0 bridgehead atoms. The van der Waals surface area contributed by atoms with Crippen molar-refractivity contribution >= 4 is 11.7 Å². The van der Waals surface area contributed by atoms with E-state index in [2.05, 4.69) is 15.9 Å². The van der Waals surface area contributed by atoms with Crippen molar-refractivity contribution in [1.29, 1.82) is 0 Å². The van der Waals surface area contributed by atoms with Crippen LogP contribution in [0.15, 0.2) is 28.3 Å². The van der Waals surface area contributed by atoms with Crippen molar-refractivity contribution < 1.29 is 0 Å². The maximum Gasteiger partial charge on any atom is 0.137 e. The van der Waals surface area contributed by atoms with Gasteiger partial charge in [0.25, 0.3) is 0 Å². The Morgan fingerprint density at radius 2 is 2.56 bits per heavy atom. The van der Waals surface area contributed by atoms with E-state index in [0.717, 1.165) is 12.3 Å². The average Bonchev–Trinajstić information content (AvgIpc) is 2.13. The SMILES string of the molecule is CCC1=NC=CC=C=N1. The topological polar surface area (TPSA) is 24.7 Å². The van der Waals surface area contributed by atoms with Crippen molar-refractivity contribution in [2.45, 2.75) is 13.3 Å². The summed E-state index contributed by atoms with van der Waals surface area (Å²) in [6.45, 7) is 2.02. The predicted octanol–water partition coefficient (Wildman–Crippen LogP) is 1.55. The Morgan fingerprint density at radius 3 is 3.33 bits per heavy atom. The summed E-state index contributed by atoms with van der Waals surface area (Å²) in [4.78, 5) is 7.94. The lowest BCUT2D eigenvalue weighted by molar-refractivity contribution is 1.24. The zero-order valence-electron chi connectivity index (χ0n) is 5.33. The molecular formula is C7H8N2. The maximum atomic E-state index is 4.02. The van der Waals surface area contributed by atoms with Crippen LogP contribution in [0.2, 0.25) is 0 Å². The highest BCUT2D eigenvalue weighted by molar-refractivity contribution is 5.89. The normalized spacial score (nSPS) is 15.4. The minimum Gasteiger partial charge on any atom is -0.241 e. The first-order valence-corrected chi connectivity index (χ1v) is 2.95. The van der Waals surface area contributed by atoms with E-state index in [1.54, 1.807) is 12.3 Å². The number of rotatable bonds is 1. The van der Waals surface area contributed by atoms with Crippen molar-refractivity contribution in [2.75, 3.05) is 0 Å². The van der Waals surface area contributed by atoms with Crippen molar-refractivity contribution in [3.05, 3.63) is 18.4 Å². The number of aliphatic imine (C=N–C) groups is 2. The Morgan fingerprint density at radius 1 is 1.67 bits per heavy atom. The lowest BCUT2D eigenvalue weighted by atomic mass is 10.4. The Kier molecular flexibility index (Phi) is 2.00.